The van der Waals surface area contributed by atoms with E-state index in [0.717, 1.165) is 17.1 Å². The normalized spacial score (nSPS) is 15.9. The van der Waals surface area contributed by atoms with Crippen LogP contribution in [0.5, 0.6) is 17.4 Å². The Labute approximate surface area is 163 Å². The minimum atomic E-state index is -0.00454. The van der Waals surface area contributed by atoms with Crippen molar-refractivity contribution in [2.45, 2.75) is 6.92 Å². The van der Waals surface area contributed by atoms with Gasteiger partial charge in [0.15, 0.2) is 17.3 Å². The molecular weight excluding hydrogens is 360 g/mol. The fourth-order valence-electron chi connectivity index (χ4n) is 3.15. The van der Waals surface area contributed by atoms with E-state index in [1.807, 2.05) is 42.2 Å². The number of fused-ring (bicyclic) bond motifs is 1. The zero-order valence-corrected chi connectivity index (χ0v) is 15.7. The van der Waals surface area contributed by atoms with E-state index in [0.29, 0.717) is 44.4 Å². The second-order valence-electron chi connectivity index (χ2n) is 6.42. The maximum absolute atomic E-state index is 12.5. The van der Waals surface area contributed by atoms with E-state index in [1.165, 1.54) is 0 Å². The number of ether oxygens (including phenoxy) is 3. The number of piperazine rings is 1. The quantitative estimate of drug-likeness (QED) is 0.732. The van der Waals surface area contributed by atoms with E-state index < -0.39 is 0 Å². The number of anilines is 1. The predicted molar refractivity (Wildman–Crippen MR) is 104 cm³/mol. The molecule has 4 rings (SSSR count). The highest BCUT2D eigenvalue weighted by Gasteiger charge is 2.21. The van der Waals surface area contributed by atoms with Gasteiger partial charge in [0, 0.05) is 38.3 Å². The topological polar surface area (TPSA) is 77.0 Å². The molecule has 1 saturated heterocycles. The number of nitrogens with zero attached hydrogens (tertiary/aromatic N) is 4. The van der Waals surface area contributed by atoms with Crippen molar-refractivity contribution in [3.63, 3.8) is 0 Å². The summed E-state index contributed by atoms with van der Waals surface area (Å²) >= 11 is 0. The van der Waals surface area contributed by atoms with Crippen molar-refractivity contribution in [3.05, 3.63) is 42.0 Å². The standard InChI is InChI=1S/C20H22N4O4/c1-2-26-19-7-6-18(21-22-19)23-9-11-24(12-10-23)20(25)8-4-15-3-5-16-17(13-15)28-14-27-16/h3-8,13H,2,9-12,14H2,1H3. The van der Waals surface area contributed by atoms with Gasteiger partial charge >= 0.3 is 0 Å². The number of carbonyl (C=O) groups excluding carboxylic acids is 1. The van der Waals surface area contributed by atoms with Crippen molar-refractivity contribution in [2.75, 3.05) is 44.5 Å². The Bertz CT molecular complexity index is 861. The maximum Gasteiger partial charge on any atom is 0.246 e. The van der Waals surface area contributed by atoms with Gasteiger partial charge in [-0.2, -0.15) is 0 Å². The van der Waals surface area contributed by atoms with Crippen molar-refractivity contribution in [2.24, 2.45) is 0 Å². The highest BCUT2D eigenvalue weighted by molar-refractivity contribution is 5.92. The van der Waals surface area contributed by atoms with Crippen LogP contribution in [0.15, 0.2) is 36.4 Å². The first-order valence-corrected chi connectivity index (χ1v) is 9.31. The van der Waals surface area contributed by atoms with Gasteiger partial charge in [0.2, 0.25) is 18.6 Å². The van der Waals surface area contributed by atoms with Crippen molar-refractivity contribution in [1.29, 1.82) is 0 Å². The second kappa shape index (κ2) is 8.16. The molecule has 8 nitrogen and oxygen atoms in total. The average molecular weight is 382 g/mol. The molecule has 3 heterocycles. The number of hydrogen-bond acceptors (Lipinski definition) is 7. The lowest BCUT2D eigenvalue weighted by atomic mass is 10.2. The lowest BCUT2D eigenvalue weighted by Gasteiger charge is -2.34. The molecule has 0 saturated carbocycles. The van der Waals surface area contributed by atoms with Crippen LogP contribution in [0.2, 0.25) is 0 Å². The third-order valence-corrected chi connectivity index (χ3v) is 4.65. The van der Waals surface area contributed by atoms with E-state index >= 15 is 0 Å². The summed E-state index contributed by atoms with van der Waals surface area (Å²) in [6.45, 7) is 5.42. The van der Waals surface area contributed by atoms with Crippen molar-refractivity contribution < 1.29 is 19.0 Å². The number of carbonyl (C=O) groups is 1. The van der Waals surface area contributed by atoms with Gasteiger partial charge in [-0.1, -0.05) is 6.07 Å². The summed E-state index contributed by atoms with van der Waals surface area (Å²) < 4.78 is 16.0. The van der Waals surface area contributed by atoms with Gasteiger partial charge in [0.25, 0.3) is 0 Å². The summed E-state index contributed by atoms with van der Waals surface area (Å²) in [5, 5.41) is 8.27. The van der Waals surface area contributed by atoms with Crippen LogP contribution in [0.1, 0.15) is 12.5 Å². The van der Waals surface area contributed by atoms with Crippen LogP contribution < -0.4 is 19.1 Å². The first-order chi connectivity index (χ1) is 13.7. The van der Waals surface area contributed by atoms with Gasteiger partial charge in [-0.15, -0.1) is 10.2 Å². The summed E-state index contributed by atoms with van der Waals surface area (Å²) in [6.07, 6.45) is 3.40. The van der Waals surface area contributed by atoms with Crippen molar-refractivity contribution in [3.8, 4) is 17.4 Å². The van der Waals surface area contributed by atoms with E-state index in [1.54, 1.807) is 12.2 Å². The van der Waals surface area contributed by atoms with Crippen LogP contribution in [0, 0.1) is 0 Å². The fraction of sp³-hybridized carbons (Fsp3) is 0.350. The van der Waals surface area contributed by atoms with Gasteiger partial charge in [-0.25, -0.2) is 0 Å². The number of rotatable bonds is 5. The van der Waals surface area contributed by atoms with Gasteiger partial charge in [-0.05, 0) is 36.8 Å². The van der Waals surface area contributed by atoms with Crippen LogP contribution in [-0.2, 0) is 4.79 Å². The molecule has 2 aromatic rings. The molecule has 2 aliphatic heterocycles. The Balaban J connectivity index is 1.31. The average Bonchev–Trinajstić information content (AvgIpc) is 3.21. The van der Waals surface area contributed by atoms with Gasteiger partial charge in [0.1, 0.15) is 0 Å². The Morgan fingerprint density at radius 2 is 1.93 bits per heavy atom. The third kappa shape index (κ3) is 4.00. The smallest absolute Gasteiger partial charge is 0.246 e. The van der Waals surface area contributed by atoms with E-state index in [9.17, 15) is 4.79 Å². The van der Waals surface area contributed by atoms with E-state index in [-0.39, 0.29) is 12.7 Å². The molecular formula is C20H22N4O4. The fourth-order valence-corrected chi connectivity index (χ4v) is 3.15. The Kier molecular flexibility index (Phi) is 5.27. The van der Waals surface area contributed by atoms with Crippen molar-refractivity contribution in [1.82, 2.24) is 15.1 Å². The molecule has 1 amide bonds. The Hall–Kier alpha value is -3.29. The lowest BCUT2D eigenvalue weighted by Crippen LogP contribution is -2.48. The van der Waals surface area contributed by atoms with Crippen LogP contribution in [0.3, 0.4) is 0 Å². The number of aromatic nitrogens is 2. The molecule has 0 unspecified atom stereocenters. The van der Waals surface area contributed by atoms with Crippen LogP contribution in [0.25, 0.3) is 6.08 Å². The molecule has 0 radical (unpaired) electrons. The molecule has 1 aromatic heterocycles. The number of amides is 1. The first-order valence-electron chi connectivity index (χ1n) is 9.31. The lowest BCUT2D eigenvalue weighted by molar-refractivity contribution is -0.126. The third-order valence-electron chi connectivity index (χ3n) is 4.65. The second-order valence-corrected chi connectivity index (χ2v) is 6.42. The van der Waals surface area contributed by atoms with E-state index in [2.05, 4.69) is 15.1 Å². The molecule has 8 heteroatoms. The molecule has 1 aromatic carbocycles. The highest BCUT2D eigenvalue weighted by atomic mass is 16.7. The highest BCUT2D eigenvalue weighted by Crippen LogP contribution is 2.32. The summed E-state index contributed by atoms with van der Waals surface area (Å²) in [5.74, 6) is 2.76. The minimum Gasteiger partial charge on any atom is -0.477 e. The van der Waals surface area contributed by atoms with Crippen molar-refractivity contribution >= 4 is 17.8 Å². The summed E-state index contributed by atoms with van der Waals surface area (Å²) in [7, 11) is 0. The maximum atomic E-state index is 12.5. The molecule has 1 fully saturated rings. The molecule has 146 valence electrons. The van der Waals surface area contributed by atoms with Crippen LogP contribution >= 0.6 is 0 Å². The van der Waals surface area contributed by atoms with Gasteiger partial charge in [-0.3, -0.25) is 4.79 Å². The van der Waals surface area contributed by atoms with E-state index in [4.69, 9.17) is 14.2 Å². The number of benzene rings is 1. The number of hydrogen-bond donors (Lipinski definition) is 0. The Morgan fingerprint density at radius 3 is 2.68 bits per heavy atom. The molecule has 28 heavy (non-hydrogen) atoms. The summed E-state index contributed by atoms with van der Waals surface area (Å²) in [4.78, 5) is 16.4. The molecule has 0 spiro atoms. The molecule has 0 aliphatic carbocycles. The molecule has 0 bridgehead atoms. The minimum absolute atomic E-state index is 0.00454. The SMILES string of the molecule is CCOc1ccc(N2CCN(C(=O)C=Cc3ccc4c(c3)OCO4)CC2)nn1. The zero-order valence-electron chi connectivity index (χ0n) is 15.7. The molecule has 0 atom stereocenters. The zero-order chi connectivity index (χ0) is 19.3. The van der Waals surface area contributed by atoms with Gasteiger partial charge < -0.3 is 24.0 Å². The summed E-state index contributed by atoms with van der Waals surface area (Å²) in [6, 6.07) is 9.34. The van der Waals surface area contributed by atoms with Crippen LogP contribution in [-0.4, -0.2) is 60.6 Å². The van der Waals surface area contributed by atoms with Gasteiger partial charge in [0.05, 0.1) is 6.61 Å². The summed E-state index contributed by atoms with van der Waals surface area (Å²) in [5.41, 5.74) is 0.904. The Morgan fingerprint density at radius 1 is 1.11 bits per heavy atom. The molecule has 2 aliphatic rings. The first kappa shape index (κ1) is 18.1. The van der Waals surface area contributed by atoms with Crippen LogP contribution in [0.4, 0.5) is 5.82 Å². The molecule has 0 N–H and O–H groups in total. The largest absolute Gasteiger partial charge is 0.477 e. The predicted octanol–water partition coefficient (Wildman–Crippen LogP) is 1.97. The monoisotopic (exact) mass is 382 g/mol.